The van der Waals surface area contributed by atoms with Gasteiger partial charge < -0.3 is 10.8 Å². The maximum absolute atomic E-state index is 9.24. The highest BCUT2D eigenvalue weighted by atomic mass is 16.4. The minimum atomic E-state index is -0.968. The fraction of sp³-hybridized carbons (Fsp3) is 0.182. The van der Waals surface area contributed by atoms with E-state index in [1.807, 2.05) is 18.3 Å². The maximum Gasteiger partial charge on any atom is 0.317 e. The van der Waals surface area contributed by atoms with Crippen LogP contribution < -0.4 is 5.73 Å². The third-order valence-electron chi connectivity index (χ3n) is 1.86. The minimum Gasteiger partial charge on any atom is -0.480 e. The number of carboxylic acid groups (broad SMARTS) is 1. The summed E-state index contributed by atoms with van der Waals surface area (Å²) in [5, 5.41) is 18.5. The Kier molecular flexibility index (Phi) is 5.91. The normalized spacial score (nSPS) is 9.17. The van der Waals surface area contributed by atoms with E-state index >= 15 is 0 Å². The largest absolute Gasteiger partial charge is 0.480 e. The number of aromatic nitrogens is 4. The highest BCUT2D eigenvalue weighted by Gasteiger charge is 1.95. The zero-order valence-electron chi connectivity index (χ0n) is 9.60. The van der Waals surface area contributed by atoms with E-state index in [9.17, 15) is 4.79 Å². The van der Waals surface area contributed by atoms with Crippen LogP contribution in [0.2, 0.25) is 0 Å². The molecular weight excluding hydrogens is 234 g/mol. The molecule has 0 atom stereocenters. The standard InChI is InChI=1S/C9H8N4.C2H5NO2/c1-2-8(5-10-3-1)4-9-6-11-13-12-7-9;3-1-2(4)5/h1-3,5-7H,4H2;1,3H2,(H,4,5). The summed E-state index contributed by atoms with van der Waals surface area (Å²) in [4.78, 5) is 13.3. The van der Waals surface area contributed by atoms with E-state index in [4.69, 9.17) is 5.11 Å². The first-order valence-electron chi connectivity index (χ1n) is 5.15. The average molecular weight is 247 g/mol. The van der Waals surface area contributed by atoms with Crippen LogP contribution in [0.4, 0.5) is 0 Å². The zero-order valence-corrected chi connectivity index (χ0v) is 9.60. The van der Waals surface area contributed by atoms with E-state index in [1.165, 1.54) is 0 Å². The second-order valence-corrected chi connectivity index (χ2v) is 3.29. The summed E-state index contributed by atoms with van der Waals surface area (Å²) < 4.78 is 0. The van der Waals surface area contributed by atoms with Gasteiger partial charge in [-0.3, -0.25) is 9.78 Å². The molecular formula is C11H13N5O2. The highest BCUT2D eigenvalue weighted by Crippen LogP contribution is 2.03. The summed E-state index contributed by atoms with van der Waals surface area (Å²) in [5.41, 5.74) is 6.77. The molecule has 0 radical (unpaired) electrons. The third kappa shape index (κ3) is 5.61. The van der Waals surface area contributed by atoms with E-state index in [0.29, 0.717) is 0 Å². The maximum atomic E-state index is 9.24. The van der Waals surface area contributed by atoms with Crippen LogP contribution in [0, 0.1) is 0 Å². The molecule has 7 nitrogen and oxygen atoms in total. The molecule has 0 aliphatic heterocycles. The number of hydrogen-bond donors (Lipinski definition) is 2. The average Bonchev–Trinajstić information content (AvgIpc) is 2.42. The fourth-order valence-corrected chi connectivity index (χ4v) is 1.09. The van der Waals surface area contributed by atoms with Crippen molar-refractivity contribution in [1.29, 1.82) is 0 Å². The third-order valence-corrected chi connectivity index (χ3v) is 1.86. The second kappa shape index (κ2) is 7.80. The number of hydrogen-bond acceptors (Lipinski definition) is 6. The highest BCUT2D eigenvalue weighted by molar-refractivity contribution is 5.68. The molecule has 0 fully saturated rings. The van der Waals surface area contributed by atoms with Crippen LogP contribution >= 0.6 is 0 Å². The second-order valence-electron chi connectivity index (χ2n) is 3.29. The molecule has 3 N–H and O–H groups in total. The van der Waals surface area contributed by atoms with Gasteiger partial charge in [-0.25, -0.2) is 0 Å². The van der Waals surface area contributed by atoms with Crippen LogP contribution in [0.3, 0.4) is 0 Å². The van der Waals surface area contributed by atoms with Crippen LogP contribution in [0.1, 0.15) is 11.1 Å². The SMILES string of the molecule is NCC(=O)O.c1cncc(Cc2cnnnc2)c1. The van der Waals surface area contributed by atoms with Crippen molar-refractivity contribution in [3.05, 3.63) is 48.0 Å². The quantitative estimate of drug-likeness (QED) is 0.777. The van der Waals surface area contributed by atoms with Crippen molar-refractivity contribution in [3.63, 3.8) is 0 Å². The number of aliphatic carboxylic acids is 1. The van der Waals surface area contributed by atoms with Crippen LogP contribution in [0.15, 0.2) is 36.9 Å². The Morgan fingerprint density at radius 3 is 2.39 bits per heavy atom. The number of rotatable bonds is 3. The molecule has 0 aromatic carbocycles. The smallest absolute Gasteiger partial charge is 0.317 e. The van der Waals surface area contributed by atoms with Crippen molar-refractivity contribution in [1.82, 2.24) is 20.4 Å². The van der Waals surface area contributed by atoms with E-state index in [2.05, 4.69) is 26.1 Å². The van der Waals surface area contributed by atoms with Gasteiger partial charge in [0.25, 0.3) is 0 Å². The fourth-order valence-electron chi connectivity index (χ4n) is 1.09. The van der Waals surface area contributed by atoms with Gasteiger partial charge in [0.15, 0.2) is 0 Å². The van der Waals surface area contributed by atoms with E-state index < -0.39 is 5.97 Å². The van der Waals surface area contributed by atoms with Crippen molar-refractivity contribution < 1.29 is 9.90 Å². The van der Waals surface area contributed by atoms with Crippen molar-refractivity contribution in [2.24, 2.45) is 5.73 Å². The van der Waals surface area contributed by atoms with Crippen LogP contribution in [0.5, 0.6) is 0 Å². The lowest BCUT2D eigenvalue weighted by atomic mass is 10.1. The Labute approximate surface area is 104 Å². The molecule has 2 aromatic heterocycles. The predicted octanol–water partition coefficient (Wildman–Crippen LogP) is -0.113. The summed E-state index contributed by atoms with van der Waals surface area (Å²) >= 11 is 0. The molecule has 0 aliphatic rings. The van der Waals surface area contributed by atoms with Crippen molar-refractivity contribution in [2.75, 3.05) is 6.54 Å². The Morgan fingerprint density at radius 1 is 1.22 bits per heavy atom. The zero-order chi connectivity index (χ0) is 13.2. The Bertz CT molecular complexity index is 426. The molecule has 0 bridgehead atoms. The molecule has 7 heteroatoms. The molecule has 2 aromatic rings. The lowest BCUT2D eigenvalue weighted by Gasteiger charge is -1.97. The van der Waals surface area contributed by atoms with E-state index in [-0.39, 0.29) is 6.54 Å². The van der Waals surface area contributed by atoms with Gasteiger partial charge in [-0.1, -0.05) is 6.07 Å². The van der Waals surface area contributed by atoms with E-state index in [1.54, 1.807) is 18.6 Å². The molecule has 2 heterocycles. The molecule has 18 heavy (non-hydrogen) atoms. The first kappa shape index (κ1) is 13.7. The van der Waals surface area contributed by atoms with Crippen molar-refractivity contribution in [3.8, 4) is 0 Å². The molecule has 94 valence electrons. The molecule has 0 saturated heterocycles. The topological polar surface area (TPSA) is 115 Å². The Morgan fingerprint density at radius 2 is 1.89 bits per heavy atom. The van der Waals surface area contributed by atoms with Gasteiger partial charge >= 0.3 is 5.97 Å². The lowest BCUT2D eigenvalue weighted by molar-refractivity contribution is -0.135. The van der Waals surface area contributed by atoms with Crippen LogP contribution in [-0.2, 0) is 11.2 Å². The molecule has 0 spiro atoms. The van der Waals surface area contributed by atoms with Crippen molar-refractivity contribution >= 4 is 5.97 Å². The van der Waals surface area contributed by atoms with Gasteiger partial charge in [0.05, 0.1) is 18.9 Å². The van der Waals surface area contributed by atoms with Gasteiger partial charge in [0, 0.05) is 18.8 Å². The number of nitrogens with zero attached hydrogens (tertiary/aromatic N) is 4. The van der Waals surface area contributed by atoms with Gasteiger partial charge in [0.1, 0.15) is 0 Å². The monoisotopic (exact) mass is 247 g/mol. The molecule has 0 saturated carbocycles. The number of nitrogens with two attached hydrogens (primary N) is 1. The van der Waals surface area contributed by atoms with Crippen LogP contribution in [-0.4, -0.2) is 38.0 Å². The van der Waals surface area contributed by atoms with Crippen molar-refractivity contribution in [2.45, 2.75) is 6.42 Å². The minimum absolute atomic E-state index is 0.278. The summed E-state index contributed by atoms with van der Waals surface area (Å²) in [6, 6.07) is 3.94. The summed E-state index contributed by atoms with van der Waals surface area (Å²) in [5.74, 6) is -0.968. The first-order valence-corrected chi connectivity index (χ1v) is 5.15. The molecule has 2 rings (SSSR count). The molecule has 0 amide bonds. The summed E-state index contributed by atoms with van der Waals surface area (Å²) in [7, 11) is 0. The van der Waals surface area contributed by atoms with Gasteiger partial charge in [-0.15, -0.1) is 10.2 Å². The predicted molar refractivity (Wildman–Crippen MR) is 63.6 cm³/mol. The lowest BCUT2D eigenvalue weighted by Crippen LogP contribution is -2.10. The summed E-state index contributed by atoms with van der Waals surface area (Å²) in [6.45, 7) is -0.278. The number of carbonyl (C=O) groups is 1. The Hall–Kier alpha value is -2.41. The van der Waals surface area contributed by atoms with E-state index in [0.717, 1.165) is 17.5 Å². The molecule has 0 unspecified atom stereocenters. The van der Waals surface area contributed by atoms with Crippen LogP contribution in [0.25, 0.3) is 0 Å². The van der Waals surface area contributed by atoms with Gasteiger partial charge in [0.2, 0.25) is 0 Å². The number of carboxylic acids is 1. The van der Waals surface area contributed by atoms with Gasteiger partial charge in [-0.05, 0) is 22.4 Å². The number of pyridine rings is 1. The Balaban J connectivity index is 0.000000280. The summed E-state index contributed by atoms with van der Waals surface area (Å²) in [6.07, 6.45) is 7.81. The van der Waals surface area contributed by atoms with Gasteiger partial charge in [-0.2, -0.15) is 0 Å². The first-order chi connectivity index (χ1) is 8.72. The molecule has 0 aliphatic carbocycles.